The van der Waals surface area contributed by atoms with Crippen molar-refractivity contribution < 1.29 is 0 Å². The molecular formula is C15H15ClN2S. The molecular weight excluding hydrogens is 276 g/mol. The van der Waals surface area contributed by atoms with Gasteiger partial charge in [-0.3, -0.25) is 0 Å². The van der Waals surface area contributed by atoms with Gasteiger partial charge in [0, 0.05) is 16.4 Å². The highest BCUT2D eigenvalue weighted by Crippen LogP contribution is 2.32. The lowest BCUT2D eigenvalue weighted by Crippen LogP contribution is -2.14. The zero-order valence-electron chi connectivity index (χ0n) is 10.7. The number of nitriles is 1. The SMILES string of the molecule is CCCNCc1ccc(Cl)cc1-c1ccc(C#N)s1. The van der Waals surface area contributed by atoms with Gasteiger partial charge in [0.05, 0.1) is 0 Å². The first-order chi connectivity index (χ1) is 9.24. The second-order valence-corrected chi connectivity index (χ2v) is 5.77. The van der Waals surface area contributed by atoms with E-state index in [0.29, 0.717) is 0 Å². The van der Waals surface area contributed by atoms with E-state index in [9.17, 15) is 0 Å². The molecule has 0 spiro atoms. The van der Waals surface area contributed by atoms with Crippen molar-refractivity contribution in [3.8, 4) is 16.5 Å². The Hall–Kier alpha value is -1.34. The van der Waals surface area contributed by atoms with Gasteiger partial charge in [-0.05, 0) is 48.4 Å². The highest BCUT2D eigenvalue weighted by Gasteiger charge is 2.08. The van der Waals surface area contributed by atoms with Gasteiger partial charge in [-0.2, -0.15) is 5.26 Å². The number of nitrogens with zero attached hydrogens (tertiary/aromatic N) is 1. The first-order valence-electron chi connectivity index (χ1n) is 6.24. The van der Waals surface area contributed by atoms with Crippen LogP contribution >= 0.6 is 22.9 Å². The Morgan fingerprint density at radius 2 is 2.16 bits per heavy atom. The van der Waals surface area contributed by atoms with Crippen LogP contribution in [0.4, 0.5) is 0 Å². The molecule has 0 saturated heterocycles. The summed E-state index contributed by atoms with van der Waals surface area (Å²) in [6.45, 7) is 3.96. The van der Waals surface area contributed by atoms with E-state index < -0.39 is 0 Å². The minimum absolute atomic E-state index is 0.723. The molecule has 2 nitrogen and oxygen atoms in total. The molecule has 19 heavy (non-hydrogen) atoms. The molecule has 1 N–H and O–H groups in total. The third-order valence-corrected chi connectivity index (χ3v) is 4.05. The van der Waals surface area contributed by atoms with Crippen LogP contribution in [-0.4, -0.2) is 6.54 Å². The minimum atomic E-state index is 0.723. The molecule has 4 heteroatoms. The Bertz CT molecular complexity index is 598. The predicted octanol–water partition coefficient (Wildman–Crippen LogP) is 4.44. The highest BCUT2D eigenvalue weighted by atomic mass is 35.5. The fraction of sp³-hybridized carbons (Fsp3) is 0.267. The molecule has 0 saturated carbocycles. The van der Waals surface area contributed by atoms with Gasteiger partial charge in [-0.1, -0.05) is 24.6 Å². The maximum absolute atomic E-state index is 8.92. The molecule has 0 amide bonds. The summed E-state index contributed by atoms with van der Waals surface area (Å²) in [7, 11) is 0. The second-order valence-electron chi connectivity index (χ2n) is 4.25. The number of hydrogen-bond acceptors (Lipinski definition) is 3. The third kappa shape index (κ3) is 3.57. The van der Waals surface area contributed by atoms with E-state index in [2.05, 4.69) is 18.3 Å². The first-order valence-corrected chi connectivity index (χ1v) is 7.43. The molecule has 0 atom stereocenters. The molecule has 0 aliphatic heterocycles. The largest absolute Gasteiger partial charge is 0.313 e. The summed E-state index contributed by atoms with van der Waals surface area (Å²) in [6.07, 6.45) is 1.11. The molecule has 0 fully saturated rings. The number of benzene rings is 1. The van der Waals surface area contributed by atoms with E-state index in [1.807, 2.05) is 30.3 Å². The van der Waals surface area contributed by atoms with Gasteiger partial charge in [0.25, 0.3) is 0 Å². The Labute approximate surface area is 122 Å². The first kappa shape index (κ1) is 14.1. The highest BCUT2D eigenvalue weighted by molar-refractivity contribution is 7.16. The topological polar surface area (TPSA) is 35.8 Å². The van der Waals surface area contributed by atoms with E-state index in [4.69, 9.17) is 16.9 Å². The molecule has 98 valence electrons. The summed E-state index contributed by atoms with van der Waals surface area (Å²) >= 11 is 7.59. The predicted molar refractivity (Wildman–Crippen MR) is 81.5 cm³/mol. The molecule has 0 radical (unpaired) electrons. The summed E-state index contributed by atoms with van der Waals surface area (Å²) in [4.78, 5) is 1.81. The molecule has 0 aliphatic carbocycles. The molecule has 0 aliphatic rings. The van der Waals surface area contributed by atoms with Gasteiger partial charge < -0.3 is 5.32 Å². The van der Waals surface area contributed by atoms with E-state index in [1.165, 1.54) is 16.9 Å². The standard InChI is InChI=1S/C15H15ClN2S/c1-2-7-18-10-11-3-4-12(16)8-14(11)15-6-5-13(9-17)19-15/h3-6,8,18H,2,7,10H2,1H3. The molecule has 0 unspecified atom stereocenters. The summed E-state index contributed by atoms with van der Waals surface area (Å²) < 4.78 is 0. The van der Waals surface area contributed by atoms with Crippen molar-refractivity contribution >= 4 is 22.9 Å². The molecule has 0 bridgehead atoms. The van der Waals surface area contributed by atoms with E-state index in [0.717, 1.165) is 39.9 Å². The van der Waals surface area contributed by atoms with Crippen LogP contribution in [0.2, 0.25) is 5.02 Å². The van der Waals surface area contributed by atoms with Gasteiger partial charge in [0.15, 0.2) is 0 Å². The molecule has 2 aromatic rings. The fourth-order valence-electron chi connectivity index (χ4n) is 1.87. The maximum Gasteiger partial charge on any atom is 0.110 e. The summed E-state index contributed by atoms with van der Waals surface area (Å²) in [5.41, 5.74) is 2.33. The van der Waals surface area contributed by atoms with Crippen LogP contribution in [0.5, 0.6) is 0 Å². The van der Waals surface area contributed by atoms with Gasteiger partial charge in [0.2, 0.25) is 0 Å². The zero-order valence-corrected chi connectivity index (χ0v) is 12.3. The fourth-order valence-corrected chi connectivity index (χ4v) is 2.90. The van der Waals surface area contributed by atoms with Crippen LogP contribution in [0.1, 0.15) is 23.8 Å². The second kappa shape index (κ2) is 6.72. The quantitative estimate of drug-likeness (QED) is 0.826. The van der Waals surface area contributed by atoms with Crippen LogP contribution in [0.15, 0.2) is 30.3 Å². The van der Waals surface area contributed by atoms with Crippen LogP contribution in [0.3, 0.4) is 0 Å². The van der Waals surface area contributed by atoms with Gasteiger partial charge >= 0.3 is 0 Å². The minimum Gasteiger partial charge on any atom is -0.313 e. The Balaban J connectivity index is 2.31. The number of halogens is 1. The number of rotatable bonds is 5. The van der Waals surface area contributed by atoms with Crippen LogP contribution in [-0.2, 0) is 6.54 Å². The normalized spacial score (nSPS) is 10.4. The lowest BCUT2D eigenvalue weighted by molar-refractivity contribution is 0.676. The Morgan fingerprint density at radius 1 is 1.32 bits per heavy atom. The van der Waals surface area contributed by atoms with Crippen molar-refractivity contribution in [1.82, 2.24) is 5.32 Å². The lowest BCUT2D eigenvalue weighted by Gasteiger charge is -2.09. The number of nitrogens with one attached hydrogen (secondary N) is 1. The summed E-state index contributed by atoms with van der Waals surface area (Å²) in [5.74, 6) is 0. The number of thiophene rings is 1. The Kier molecular flexibility index (Phi) is 4.98. The van der Waals surface area contributed by atoms with Gasteiger partial charge in [-0.15, -0.1) is 11.3 Å². The third-order valence-electron chi connectivity index (χ3n) is 2.80. The lowest BCUT2D eigenvalue weighted by atomic mass is 10.1. The van der Waals surface area contributed by atoms with Crippen LogP contribution in [0.25, 0.3) is 10.4 Å². The number of hydrogen-bond donors (Lipinski definition) is 1. The van der Waals surface area contributed by atoms with Crippen molar-refractivity contribution in [2.24, 2.45) is 0 Å². The van der Waals surface area contributed by atoms with Crippen molar-refractivity contribution in [1.29, 1.82) is 5.26 Å². The van der Waals surface area contributed by atoms with E-state index in [1.54, 1.807) is 0 Å². The zero-order chi connectivity index (χ0) is 13.7. The molecule has 1 heterocycles. The van der Waals surface area contributed by atoms with Crippen molar-refractivity contribution in [3.63, 3.8) is 0 Å². The monoisotopic (exact) mass is 290 g/mol. The summed E-state index contributed by atoms with van der Waals surface area (Å²) in [5, 5.41) is 13.0. The van der Waals surface area contributed by atoms with Gasteiger partial charge in [-0.25, -0.2) is 0 Å². The van der Waals surface area contributed by atoms with Crippen molar-refractivity contribution in [2.75, 3.05) is 6.54 Å². The molecule has 2 rings (SSSR count). The van der Waals surface area contributed by atoms with Crippen LogP contribution < -0.4 is 5.32 Å². The van der Waals surface area contributed by atoms with Crippen molar-refractivity contribution in [2.45, 2.75) is 19.9 Å². The molecule has 1 aromatic heterocycles. The smallest absolute Gasteiger partial charge is 0.110 e. The van der Waals surface area contributed by atoms with Crippen LogP contribution in [0, 0.1) is 11.3 Å². The molecule has 1 aromatic carbocycles. The van der Waals surface area contributed by atoms with Gasteiger partial charge in [0.1, 0.15) is 10.9 Å². The maximum atomic E-state index is 8.92. The van der Waals surface area contributed by atoms with E-state index >= 15 is 0 Å². The average molecular weight is 291 g/mol. The summed E-state index contributed by atoms with van der Waals surface area (Å²) in [6, 6.07) is 11.9. The van der Waals surface area contributed by atoms with Crippen molar-refractivity contribution in [3.05, 3.63) is 45.8 Å². The average Bonchev–Trinajstić information content (AvgIpc) is 2.89. The van der Waals surface area contributed by atoms with E-state index in [-0.39, 0.29) is 0 Å². The Morgan fingerprint density at radius 3 is 2.84 bits per heavy atom.